The molecule has 0 saturated heterocycles. The molecular formula is C31H26O4P2W. The molecule has 4 aromatic rings. The zero-order valence-electron chi connectivity index (χ0n) is 20.6. The molecule has 4 nitrogen and oxygen atoms in total. The van der Waals surface area contributed by atoms with Gasteiger partial charge in [-0.3, -0.25) is 0 Å². The normalized spacial score (nSPS) is 8.68. The molecule has 0 aliphatic heterocycles. The third kappa shape index (κ3) is 13.3. The predicted molar refractivity (Wildman–Crippen MR) is 148 cm³/mol. The van der Waals surface area contributed by atoms with Crippen molar-refractivity contribution in [1.29, 1.82) is 0 Å². The zero-order valence-corrected chi connectivity index (χ0v) is 25.3. The van der Waals surface area contributed by atoms with Crippen LogP contribution >= 0.6 is 15.8 Å². The fraction of sp³-hybridized carbons (Fsp3) is 0.0968. The van der Waals surface area contributed by atoms with E-state index in [4.69, 9.17) is 18.6 Å². The zero-order chi connectivity index (χ0) is 27.7. The van der Waals surface area contributed by atoms with Crippen LogP contribution in [0, 0.1) is 26.6 Å². The molecule has 0 atom stereocenters. The quantitative estimate of drug-likeness (QED) is 0.132. The molecule has 190 valence electrons. The third-order valence-corrected chi connectivity index (χ3v) is 10.2. The summed E-state index contributed by atoms with van der Waals surface area (Å²) in [6, 6.07) is 44.3. The van der Waals surface area contributed by atoms with Gasteiger partial charge in [-0.2, -0.15) is 0 Å². The molecule has 0 aliphatic rings. The van der Waals surface area contributed by atoms with E-state index in [1.807, 2.05) is 0 Å². The second-order valence-electron chi connectivity index (χ2n) is 7.00. The first-order valence-corrected chi connectivity index (χ1v) is 14.0. The van der Waals surface area contributed by atoms with Gasteiger partial charge in [-0.15, -0.1) is 0 Å². The minimum atomic E-state index is -0.309. The van der Waals surface area contributed by atoms with E-state index in [0.717, 1.165) is 0 Å². The summed E-state index contributed by atoms with van der Waals surface area (Å²) in [7, 11) is -0.618. The van der Waals surface area contributed by atoms with Crippen LogP contribution in [0.3, 0.4) is 0 Å². The maximum Gasteiger partial charge on any atom is 0 e. The van der Waals surface area contributed by atoms with Crippen LogP contribution in [-0.4, -0.2) is 12.3 Å². The van der Waals surface area contributed by atoms with Gasteiger partial charge in [0.1, 0.15) is 0 Å². The van der Waals surface area contributed by atoms with Gasteiger partial charge in [0.05, 0.1) is 0 Å². The van der Waals surface area contributed by atoms with Crippen LogP contribution in [0.1, 0.15) is 6.42 Å². The summed E-state index contributed by atoms with van der Waals surface area (Å²) in [6.45, 7) is 18.0. The average molecular weight is 708 g/mol. The molecule has 0 heterocycles. The van der Waals surface area contributed by atoms with Gasteiger partial charge in [-0.05, 0) is 55.8 Å². The standard InChI is InChI=1S/C27H26P2.4CO.W/c1-5-14-24(15-6-1)28(25-16-7-2-8-17-25)22-13-23-29(26-18-9-3-10-19-26)27-20-11-4-12-21-27;4*1-2;/h1-12,14-21H,13,22-23H2;;;;;. The Morgan fingerprint density at radius 3 is 0.737 bits per heavy atom. The fourth-order valence-electron chi connectivity index (χ4n) is 3.63. The smallest absolute Gasteiger partial charge is 0 e. The number of benzene rings is 4. The summed E-state index contributed by atoms with van der Waals surface area (Å²) in [5, 5.41) is 5.94. The molecule has 0 aliphatic carbocycles. The van der Waals surface area contributed by atoms with Crippen LogP contribution < -0.4 is 21.2 Å². The van der Waals surface area contributed by atoms with E-state index in [-0.39, 0.29) is 36.9 Å². The Balaban J connectivity index is 0. The van der Waals surface area contributed by atoms with E-state index >= 15 is 0 Å². The van der Waals surface area contributed by atoms with Crippen LogP contribution in [0.5, 0.6) is 0 Å². The molecule has 0 bridgehead atoms. The van der Waals surface area contributed by atoms with Gasteiger partial charge in [0, 0.05) is 21.1 Å². The molecule has 0 unspecified atom stereocenters. The van der Waals surface area contributed by atoms with E-state index < -0.39 is 0 Å². The SMILES string of the molecule is [C-]#[O+].[C-]#[O+].[C-]#[O+].[C-]#[O+].[W].c1ccc(P(CCCP(c2ccccc2)c2ccccc2)c2ccccc2)cc1. The number of hydrogen-bond acceptors (Lipinski definition) is 0. The van der Waals surface area contributed by atoms with Gasteiger partial charge in [0.15, 0.2) is 0 Å². The van der Waals surface area contributed by atoms with E-state index in [2.05, 4.69) is 148 Å². The summed E-state index contributed by atoms with van der Waals surface area (Å²) < 4.78 is 30.0. The van der Waals surface area contributed by atoms with E-state index in [9.17, 15) is 0 Å². The Morgan fingerprint density at radius 1 is 0.368 bits per heavy atom. The summed E-state index contributed by atoms with van der Waals surface area (Å²) in [5.74, 6) is 0. The Bertz CT molecular complexity index is 981. The third-order valence-electron chi connectivity index (χ3n) is 5.03. The van der Waals surface area contributed by atoms with Crippen molar-refractivity contribution >= 4 is 37.1 Å². The van der Waals surface area contributed by atoms with Crippen molar-refractivity contribution in [2.75, 3.05) is 12.3 Å². The molecule has 38 heavy (non-hydrogen) atoms. The Kier molecular flexibility index (Phi) is 25.7. The maximum atomic E-state index is 7.50. The molecule has 0 fully saturated rings. The van der Waals surface area contributed by atoms with Crippen molar-refractivity contribution in [1.82, 2.24) is 0 Å². The number of hydrogen-bond donors (Lipinski definition) is 0. The molecule has 0 N–H and O–H groups in total. The Labute approximate surface area is 242 Å². The Morgan fingerprint density at radius 2 is 0.553 bits per heavy atom. The first-order valence-electron chi connectivity index (χ1n) is 11.0. The van der Waals surface area contributed by atoms with Crippen LogP contribution in [0.25, 0.3) is 0 Å². The van der Waals surface area contributed by atoms with Gasteiger partial charge in [0.25, 0.3) is 0 Å². The summed E-state index contributed by atoms with van der Waals surface area (Å²) >= 11 is 0. The van der Waals surface area contributed by atoms with Gasteiger partial charge in [-0.25, -0.2) is 0 Å². The van der Waals surface area contributed by atoms with Crippen molar-refractivity contribution in [3.05, 3.63) is 148 Å². The van der Waals surface area contributed by atoms with Crippen molar-refractivity contribution in [3.63, 3.8) is 0 Å². The number of rotatable bonds is 8. The molecular weight excluding hydrogens is 682 g/mol. The minimum Gasteiger partial charge on any atom is -0.0622 e. The van der Waals surface area contributed by atoms with Crippen LogP contribution in [0.2, 0.25) is 0 Å². The van der Waals surface area contributed by atoms with Gasteiger partial charge in [-0.1, -0.05) is 121 Å². The van der Waals surface area contributed by atoms with Gasteiger partial charge >= 0.3 is 45.2 Å². The largest absolute Gasteiger partial charge is 0.0622 e. The summed E-state index contributed by atoms with van der Waals surface area (Å²) in [5.41, 5.74) is 0. The maximum absolute atomic E-state index is 7.50. The fourth-order valence-corrected chi connectivity index (χ4v) is 8.59. The van der Waals surface area contributed by atoms with Crippen molar-refractivity contribution in [3.8, 4) is 0 Å². The van der Waals surface area contributed by atoms with E-state index in [1.165, 1.54) is 40.0 Å². The Hall–Kier alpha value is -2.61. The van der Waals surface area contributed by atoms with Crippen LogP contribution in [0.4, 0.5) is 0 Å². The average Bonchev–Trinajstić information content (AvgIpc) is 3.03. The van der Waals surface area contributed by atoms with E-state index in [0.29, 0.717) is 0 Å². The topological polar surface area (TPSA) is 79.6 Å². The monoisotopic (exact) mass is 708 g/mol. The van der Waals surface area contributed by atoms with Gasteiger partial charge < -0.3 is 0 Å². The van der Waals surface area contributed by atoms with E-state index in [1.54, 1.807) is 0 Å². The molecule has 0 spiro atoms. The van der Waals surface area contributed by atoms with Crippen LogP contribution in [-0.2, 0) is 39.7 Å². The molecule has 4 aromatic carbocycles. The second kappa shape index (κ2) is 26.0. The molecule has 4 rings (SSSR count). The molecule has 0 aromatic heterocycles. The minimum absolute atomic E-state index is 0. The molecule has 0 amide bonds. The van der Waals surface area contributed by atoms with Gasteiger partial charge in [0.2, 0.25) is 0 Å². The van der Waals surface area contributed by atoms with Crippen molar-refractivity contribution in [2.24, 2.45) is 0 Å². The molecule has 0 radical (unpaired) electrons. The predicted octanol–water partition coefficient (Wildman–Crippen LogP) is 5.49. The summed E-state index contributed by atoms with van der Waals surface area (Å²) in [6.07, 6.45) is 3.72. The summed E-state index contributed by atoms with van der Waals surface area (Å²) in [4.78, 5) is 0. The first-order chi connectivity index (χ1) is 18.4. The first kappa shape index (κ1) is 37.5. The molecule has 0 saturated carbocycles. The second-order valence-corrected chi connectivity index (χ2v) is 11.7. The molecule has 7 heteroatoms. The van der Waals surface area contributed by atoms with Crippen LogP contribution in [0.15, 0.2) is 121 Å². The van der Waals surface area contributed by atoms with Crippen molar-refractivity contribution in [2.45, 2.75) is 6.42 Å². The van der Waals surface area contributed by atoms with Crippen molar-refractivity contribution < 1.29 is 39.7 Å².